The van der Waals surface area contributed by atoms with Crippen LogP contribution < -0.4 is 0 Å². The average Bonchev–Trinajstić information content (AvgIpc) is 1.90. The summed E-state index contributed by atoms with van der Waals surface area (Å²) in [4.78, 5) is 10.3. The molecule has 0 aromatic rings. The summed E-state index contributed by atoms with van der Waals surface area (Å²) in [5.74, 6) is 0. The van der Waals surface area contributed by atoms with Gasteiger partial charge in [0.15, 0.2) is 4.75 Å². The number of hydrogen-bond acceptors (Lipinski definition) is 3. The molecular formula is C6H10O4S. The smallest absolute Gasteiger partial charge is 0.281 e. The molecular weight excluding hydrogens is 168 g/mol. The number of carbonyl (C=O) groups excluding carboxylic acids is 1. The lowest BCUT2D eigenvalue weighted by Gasteiger charge is -2.16. The number of rotatable bonds is 4. The van der Waals surface area contributed by atoms with Crippen LogP contribution in [0.5, 0.6) is 0 Å². The zero-order valence-electron chi connectivity index (χ0n) is 6.15. The van der Waals surface area contributed by atoms with Gasteiger partial charge in [0.25, 0.3) is 10.1 Å². The molecule has 0 fully saturated rings. The van der Waals surface area contributed by atoms with Gasteiger partial charge in [-0.05, 0) is 6.42 Å². The van der Waals surface area contributed by atoms with Crippen LogP contribution in [0.15, 0.2) is 12.7 Å². The first-order chi connectivity index (χ1) is 4.93. The van der Waals surface area contributed by atoms with E-state index in [0.29, 0.717) is 0 Å². The van der Waals surface area contributed by atoms with E-state index in [0.717, 1.165) is 6.08 Å². The minimum atomic E-state index is -4.36. The van der Waals surface area contributed by atoms with E-state index in [9.17, 15) is 13.2 Å². The third-order valence-corrected chi connectivity index (χ3v) is 3.09. The molecule has 5 heteroatoms. The van der Waals surface area contributed by atoms with Gasteiger partial charge in [-0.15, -0.1) is 6.58 Å². The van der Waals surface area contributed by atoms with Gasteiger partial charge in [-0.2, -0.15) is 8.42 Å². The van der Waals surface area contributed by atoms with Gasteiger partial charge in [0.1, 0.15) is 6.29 Å². The summed E-state index contributed by atoms with van der Waals surface area (Å²) < 4.78 is 28.0. The van der Waals surface area contributed by atoms with Crippen molar-refractivity contribution < 1.29 is 17.8 Å². The second-order valence-corrected chi connectivity index (χ2v) is 3.82. The van der Waals surface area contributed by atoms with Gasteiger partial charge in [0.2, 0.25) is 0 Å². The van der Waals surface area contributed by atoms with Crippen LogP contribution in [0.25, 0.3) is 0 Å². The predicted octanol–water partition coefficient (Wildman–Crippen LogP) is 0.408. The molecule has 0 saturated heterocycles. The lowest BCUT2D eigenvalue weighted by molar-refractivity contribution is -0.109. The quantitative estimate of drug-likeness (QED) is 0.384. The third-order valence-electron chi connectivity index (χ3n) is 1.58. The molecule has 0 heterocycles. The Bertz CT molecular complexity index is 244. The van der Waals surface area contributed by atoms with Gasteiger partial charge in [-0.3, -0.25) is 4.55 Å². The van der Waals surface area contributed by atoms with Crippen LogP contribution in [0.4, 0.5) is 0 Å². The first-order valence-corrected chi connectivity index (χ1v) is 4.44. The highest BCUT2D eigenvalue weighted by Crippen LogP contribution is 2.18. The summed E-state index contributed by atoms with van der Waals surface area (Å²) in [6.45, 7) is 4.65. The highest BCUT2D eigenvalue weighted by molar-refractivity contribution is 7.88. The van der Waals surface area contributed by atoms with Crippen molar-refractivity contribution >= 4 is 16.4 Å². The first-order valence-electron chi connectivity index (χ1n) is 3.00. The van der Waals surface area contributed by atoms with E-state index >= 15 is 0 Å². The van der Waals surface area contributed by atoms with E-state index < -0.39 is 14.9 Å². The van der Waals surface area contributed by atoms with Crippen molar-refractivity contribution in [2.75, 3.05) is 0 Å². The zero-order valence-corrected chi connectivity index (χ0v) is 6.97. The summed E-state index contributed by atoms with van der Waals surface area (Å²) in [6, 6.07) is 0. The molecule has 4 nitrogen and oxygen atoms in total. The molecule has 0 radical (unpaired) electrons. The minimum absolute atomic E-state index is 0.0150. The molecule has 0 saturated carbocycles. The molecule has 0 aliphatic rings. The van der Waals surface area contributed by atoms with E-state index in [1.165, 1.54) is 6.92 Å². The topological polar surface area (TPSA) is 71.4 Å². The third kappa shape index (κ3) is 1.66. The van der Waals surface area contributed by atoms with E-state index in [-0.39, 0.29) is 12.7 Å². The Balaban J connectivity index is 5.18. The molecule has 0 aliphatic heterocycles. The van der Waals surface area contributed by atoms with Crippen LogP contribution in [0.1, 0.15) is 13.3 Å². The molecule has 0 aromatic carbocycles. The summed E-state index contributed by atoms with van der Waals surface area (Å²) >= 11 is 0. The molecule has 1 atom stereocenters. The maximum Gasteiger partial charge on any atom is 0.281 e. The molecule has 0 spiro atoms. The minimum Gasteiger partial charge on any atom is -0.301 e. The molecule has 0 aromatic heterocycles. The van der Waals surface area contributed by atoms with Crippen molar-refractivity contribution in [1.82, 2.24) is 0 Å². The van der Waals surface area contributed by atoms with E-state index in [1.807, 2.05) is 0 Å². The Kier molecular flexibility index (Phi) is 2.95. The second kappa shape index (κ2) is 3.15. The Labute approximate surface area is 65.7 Å². The number of carbonyl (C=O) groups is 1. The molecule has 0 amide bonds. The van der Waals surface area contributed by atoms with Gasteiger partial charge in [-0.1, -0.05) is 13.0 Å². The number of aldehydes is 1. The van der Waals surface area contributed by atoms with Gasteiger partial charge in [-0.25, -0.2) is 0 Å². The van der Waals surface area contributed by atoms with Crippen LogP contribution in [-0.4, -0.2) is 24.0 Å². The normalized spacial score (nSPS) is 16.9. The van der Waals surface area contributed by atoms with Crippen molar-refractivity contribution in [2.24, 2.45) is 0 Å². The van der Waals surface area contributed by atoms with Crippen molar-refractivity contribution in [3.05, 3.63) is 12.7 Å². The van der Waals surface area contributed by atoms with Crippen molar-refractivity contribution in [3.8, 4) is 0 Å². The molecule has 0 bridgehead atoms. The lowest BCUT2D eigenvalue weighted by atomic mass is 10.1. The van der Waals surface area contributed by atoms with Gasteiger partial charge in [0, 0.05) is 0 Å². The summed E-state index contributed by atoms with van der Waals surface area (Å²) in [7, 11) is -4.36. The van der Waals surface area contributed by atoms with Gasteiger partial charge in [0.05, 0.1) is 0 Å². The fourth-order valence-corrected chi connectivity index (χ4v) is 1.32. The summed E-state index contributed by atoms with van der Waals surface area (Å²) in [6.07, 6.45) is 1.09. The largest absolute Gasteiger partial charge is 0.301 e. The fraction of sp³-hybridized carbons (Fsp3) is 0.500. The zero-order chi connectivity index (χ0) is 9.12. The lowest BCUT2D eigenvalue weighted by Crippen LogP contribution is -2.36. The molecule has 64 valence electrons. The predicted molar refractivity (Wildman–Crippen MR) is 40.8 cm³/mol. The second-order valence-electron chi connectivity index (χ2n) is 2.11. The van der Waals surface area contributed by atoms with E-state index in [4.69, 9.17) is 4.55 Å². The maximum absolute atomic E-state index is 10.6. The SMILES string of the molecule is C=CC(C=O)(CC)S(=O)(=O)O. The standard InChI is InChI=1S/C6H10O4S/c1-3-6(4-2,5-7)11(8,9)10/h3,5H,1,4H2,2H3,(H,8,9,10). The Morgan fingerprint density at radius 1 is 1.64 bits per heavy atom. The monoisotopic (exact) mass is 178 g/mol. The fourth-order valence-electron chi connectivity index (χ4n) is 0.624. The highest BCUT2D eigenvalue weighted by Gasteiger charge is 2.37. The Morgan fingerprint density at radius 2 is 2.09 bits per heavy atom. The van der Waals surface area contributed by atoms with Gasteiger partial charge >= 0.3 is 0 Å². The van der Waals surface area contributed by atoms with E-state index in [2.05, 4.69) is 6.58 Å². The summed E-state index contributed by atoms with van der Waals surface area (Å²) in [5, 5.41) is 0. The molecule has 1 unspecified atom stereocenters. The van der Waals surface area contributed by atoms with Crippen molar-refractivity contribution in [3.63, 3.8) is 0 Å². The molecule has 0 aliphatic carbocycles. The molecule has 1 N–H and O–H groups in total. The van der Waals surface area contributed by atoms with Crippen LogP contribution in [0.3, 0.4) is 0 Å². The van der Waals surface area contributed by atoms with Crippen LogP contribution in [0, 0.1) is 0 Å². The Morgan fingerprint density at radius 3 is 2.09 bits per heavy atom. The average molecular weight is 178 g/mol. The number of hydrogen-bond donors (Lipinski definition) is 1. The summed E-state index contributed by atoms with van der Waals surface area (Å²) in [5.41, 5.74) is 0. The van der Waals surface area contributed by atoms with Crippen LogP contribution >= 0.6 is 0 Å². The first kappa shape index (κ1) is 10.3. The molecule has 0 rings (SSSR count). The van der Waals surface area contributed by atoms with Crippen molar-refractivity contribution in [2.45, 2.75) is 18.1 Å². The maximum atomic E-state index is 10.6. The van der Waals surface area contributed by atoms with Gasteiger partial charge < -0.3 is 4.79 Å². The van der Waals surface area contributed by atoms with E-state index in [1.54, 1.807) is 0 Å². The molecule has 11 heavy (non-hydrogen) atoms. The highest BCUT2D eigenvalue weighted by atomic mass is 32.2. The van der Waals surface area contributed by atoms with Crippen molar-refractivity contribution in [1.29, 1.82) is 0 Å². The van der Waals surface area contributed by atoms with Crippen LogP contribution in [-0.2, 0) is 14.9 Å². The Hall–Kier alpha value is -0.680. The van der Waals surface area contributed by atoms with Crippen LogP contribution in [0.2, 0.25) is 0 Å².